The molecule has 0 atom stereocenters. The minimum atomic E-state index is 0.0263. The van der Waals surface area contributed by atoms with Crippen molar-refractivity contribution in [2.24, 2.45) is 0 Å². The highest BCUT2D eigenvalue weighted by atomic mass is 16.1. The van der Waals surface area contributed by atoms with Gasteiger partial charge in [0.2, 0.25) is 0 Å². The molecule has 0 bridgehead atoms. The van der Waals surface area contributed by atoms with Crippen LogP contribution in [0.5, 0.6) is 0 Å². The summed E-state index contributed by atoms with van der Waals surface area (Å²) in [5, 5.41) is 0. The molecule has 2 aromatic rings. The van der Waals surface area contributed by atoms with Crippen LogP contribution in [0.3, 0.4) is 0 Å². The van der Waals surface area contributed by atoms with Crippen molar-refractivity contribution in [3.05, 3.63) is 59.3 Å². The molecule has 60 valence electrons. The van der Waals surface area contributed by atoms with E-state index in [-0.39, 0.29) is 5.43 Å². The van der Waals surface area contributed by atoms with Crippen LogP contribution in [0.2, 0.25) is 0 Å². The summed E-state index contributed by atoms with van der Waals surface area (Å²) in [7, 11) is 0. The van der Waals surface area contributed by atoms with Crippen molar-refractivity contribution in [2.45, 2.75) is 0 Å². The third kappa shape index (κ3) is 1.16. The molecule has 0 saturated heterocycles. The van der Waals surface area contributed by atoms with E-state index in [1.165, 1.54) is 12.1 Å². The van der Waals surface area contributed by atoms with Gasteiger partial charge in [-0.3, -0.25) is 14.1 Å². The van der Waals surface area contributed by atoms with Crippen LogP contribution in [-0.4, -0.2) is 9.35 Å². The first kappa shape index (κ1) is 6.91. The average molecular weight is 160 g/mol. The molecule has 0 aliphatic rings. The van der Waals surface area contributed by atoms with Crippen molar-refractivity contribution in [1.82, 2.24) is 9.35 Å². The van der Waals surface area contributed by atoms with Gasteiger partial charge >= 0.3 is 0 Å². The predicted octanol–water partition coefficient (Wildman–Crippen LogP) is 0.961. The van der Waals surface area contributed by atoms with Crippen molar-refractivity contribution in [3.8, 4) is 0 Å². The average Bonchev–Trinajstić information content (AvgIpc) is 2.58. The highest BCUT2D eigenvalue weighted by Gasteiger charge is 1.87. The Morgan fingerprint density at radius 2 is 1.33 bits per heavy atom. The lowest BCUT2D eigenvalue weighted by atomic mass is 10.5. The second kappa shape index (κ2) is 2.70. The summed E-state index contributed by atoms with van der Waals surface area (Å²) in [6.45, 7) is 0. The zero-order chi connectivity index (χ0) is 8.39. The van der Waals surface area contributed by atoms with Crippen LogP contribution in [0.4, 0.5) is 0 Å². The van der Waals surface area contributed by atoms with Gasteiger partial charge in [0, 0.05) is 36.9 Å². The lowest BCUT2D eigenvalue weighted by Crippen LogP contribution is -2.08. The van der Waals surface area contributed by atoms with Crippen LogP contribution in [0.1, 0.15) is 0 Å². The molecule has 0 N–H and O–H groups in total. The molecule has 3 nitrogen and oxygen atoms in total. The van der Waals surface area contributed by atoms with E-state index in [2.05, 4.69) is 0 Å². The number of aromatic nitrogens is 2. The fourth-order valence-electron chi connectivity index (χ4n) is 1.04. The minimum absolute atomic E-state index is 0.0263. The van der Waals surface area contributed by atoms with Gasteiger partial charge in [-0.25, -0.2) is 0 Å². The third-order valence-corrected chi connectivity index (χ3v) is 1.64. The van der Waals surface area contributed by atoms with E-state index in [0.717, 1.165) is 0 Å². The highest BCUT2D eigenvalue weighted by molar-refractivity contribution is 4.97. The van der Waals surface area contributed by atoms with Crippen LogP contribution in [0.25, 0.3) is 0 Å². The van der Waals surface area contributed by atoms with Gasteiger partial charge in [-0.1, -0.05) is 0 Å². The molecule has 0 fully saturated rings. The Labute approximate surface area is 69.5 Å². The zero-order valence-corrected chi connectivity index (χ0v) is 6.42. The molecule has 3 heteroatoms. The molecule has 0 amide bonds. The smallest absolute Gasteiger partial charge is 0.181 e. The topological polar surface area (TPSA) is 26.9 Å². The number of hydrogen-bond donors (Lipinski definition) is 0. The number of pyridine rings is 1. The monoisotopic (exact) mass is 160 g/mol. The highest BCUT2D eigenvalue weighted by Crippen LogP contribution is 1.91. The van der Waals surface area contributed by atoms with Gasteiger partial charge in [0.15, 0.2) is 5.43 Å². The summed E-state index contributed by atoms with van der Waals surface area (Å²) in [6.07, 6.45) is 7.26. The van der Waals surface area contributed by atoms with E-state index in [0.29, 0.717) is 0 Å². The van der Waals surface area contributed by atoms with Gasteiger partial charge in [-0.2, -0.15) is 0 Å². The van der Waals surface area contributed by atoms with Crippen molar-refractivity contribution < 1.29 is 0 Å². The Hall–Kier alpha value is -1.77. The second-order valence-corrected chi connectivity index (χ2v) is 2.48. The Kier molecular flexibility index (Phi) is 1.55. The first-order valence-corrected chi connectivity index (χ1v) is 3.68. The Morgan fingerprint density at radius 1 is 0.833 bits per heavy atom. The number of nitrogens with zero attached hydrogens (tertiary/aromatic N) is 2. The van der Waals surface area contributed by atoms with Crippen LogP contribution >= 0.6 is 0 Å². The third-order valence-electron chi connectivity index (χ3n) is 1.64. The molecular weight excluding hydrogens is 152 g/mol. The summed E-state index contributed by atoms with van der Waals surface area (Å²) >= 11 is 0. The quantitative estimate of drug-likeness (QED) is 0.610. The van der Waals surface area contributed by atoms with Gasteiger partial charge in [0.1, 0.15) is 0 Å². The lowest BCUT2D eigenvalue weighted by molar-refractivity contribution is 0.656. The molecule has 2 rings (SSSR count). The maximum absolute atomic E-state index is 10.8. The molecule has 0 aliphatic carbocycles. The first-order valence-electron chi connectivity index (χ1n) is 3.68. The number of rotatable bonds is 1. The van der Waals surface area contributed by atoms with Crippen LogP contribution in [0.15, 0.2) is 53.8 Å². The molecule has 12 heavy (non-hydrogen) atoms. The largest absolute Gasteiger partial charge is 0.290 e. The molecule has 2 heterocycles. The van der Waals surface area contributed by atoms with E-state index in [1.54, 1.807) is 12.4 Å². The van der Waals surface area contributed by atoms with E-state index in [9.17, 15) is 4.79 Å². The van der Waals surface area contributed by atoms with E-state index in [1.807, 2.05) is 33.9 Å². The summed E-state index contributed by atoms with van der Waals surface area (Å²) in [4.78, 5) is 10.8. The van der Waals surface area contributed by atoms with Gasteiger partial charge in [-0.05, 0) is 12.1 Å². The lowest BCUT2D eigenvalue weighted by Gasteiger charge is -2.05. The molecule has 0 aliphatic heterocycles. The molecule has 0 unspecified atom stereocenters. The summed E-state index contributed by atoms with van der Waals surface area (Å²) in [5.41, 5.74) is 0.0263. The summed E-state index contributed by atoms with van der Waals surface area (Å²) in [5.74, 6) is 0. The van der Waals surface area contributed by atoms with Crippen LogP contribution in [0, 0.1) is 0 Å². The van der Waals surface area contributed by atoms with Gasteiger partial charge in [-0.15, -0.1) is 0 Å². The standard InChI is InChI=1S/C9H8N2O/c12-9-3-7-11(8-4-9)10-5-1-2-6-10/h1-8H. The molecule has 0 aromatic carbocycles. The molecule has 0 spiro atoms. The predicted molar refractivity (Wildman–Crippen MR) is 45.9 cm³/mol. The molecule has 0 radical (unpaired) electrons. The molecular formula is C9H8N2O. The second-order valence-electron chi connectivity index (χ2n) is 2.48. The van der Waals surface area contributed by atoms with Crippen molar-refractivity contribution in [1.29, 1.82) is 0 Å². The van der Waals surface area contributed by atoms with Crippen molar-refractivity contribution >= 4 is 0 Å². The molecule has 0 saturated carbocycles. The Balaban J connectivity index is 2.49. The summed E-state index contributed by atoms with van der Waals surface area (Å²) < 4.78 is 3.70. The fraction of sp³-hybridized carbons (Fsp3) is 0. The molecule has 2 aromatic heterocycles. The van der Waals surface area contributed by atoms with Gasteiger partial charge in [0.05, 0.1) is 0 Å². The minimum Gasteiger partial charge on any atom is -0.290 e. The van der Waals surface area contributed by atoms with E-state index in [4.69, 9.17) is 0 Å². The maximum atomic E-state index is 10.8. The fourth-order valence-corrected chi connectivity index (χ4v) is 1.04. The summed E-state index contributed by atoms with van der Waals surface area (Å²) in [6, 6.07) is 6.91. The Morgan fingerprint density at radius 3 is 1.92 bits per heavy atom. The SMILES string of the molecule is O=c1ccn(-n2cccc2)cc1. The first-order chi connectivity index (χ1) is 5.86. The van der Waals surface area contributed by atoms with E-state index >= 15 is 0 Å². The van der Waals surface area contributed by atoms with Gasteiger partial charge in [0.25, 0.3) is 0 Å². The van der Waals surface area contributed by atoms with Crippen molar-refractivity contribution in [3.63, 3.8) is 0 Å². The Bertz CT molecular complexity index is 394. The zero-order valence-electron chi connectivity index (χ0n) is 6.42. The van der Waals surface area contributed by atoms with Gasteiger partial charge < -0.3 is 0 Å². The number of hydrogen-bond acceptors (Lipinski definition) is 1. The van der Waals surface area contributed by atoms with E-state index < -0.39 is 0 Å². The van der Waals surface area contributed by atoms with Crippen LogP contribution < -0.4 is 5.43 Å². The van der Waals surface area contributed by atoms with Crippen LogP contribution in [-0.2, 0) is 0 Å². The maximum Gasteiger partial charge on any atom is 0.181 e. The normalized spacial score (nSPS) is 10.0. The van der Waals surface area contributed by atoms with Crippen molar-refractivity contribution in [2.75, 3.05) is 0 Å².